The number of rotatable bonds is 5. The van der Waals surface area contributed by atoms with Gasteiger partial charge in [-0.2, -0.15) is 0 Å². The molecule has 0 radical (unpaired) electrons. The van der Waals surface area contributed by atoms with Crippen LogP contribution in [0, 0.1) is 11.7 Å². The van der Waals surface area contributed by atoms with Crippen molar-refractivity contribution in [1.29, 1.82) is 0 Å². The highest BCUT2D eigenvalue weighted by Crippen LogP contribution is 2.24. The van der Waals surface area contributed by atoms with E-state index in [0.717, 1.165) is 31.4 Å². The molecule has 0 saturated heterocycles. The van der Waals surface area contributed by atoms with Gasteiger partial charge in [-0.05, 0) is 67.3 Å². The van der Waals surface area contributed by atoms with Crippen molar-refractivity contribution in [2.75, 3.05) is 4.72 Å². The lowest BCUT2D eigenvalue weighted by atomic mass is 9.86. The number of carbonyl (C=O) groups is 1. The summed E-state index contributed by atoms with van der Waals surface area (Å²) in [4.78, 5) is 12.4. The molecule has 144 valence electrons. The van der Waals surface area contributed by atoms with Crippen LogP contribution in [0.15, 0.2) is 53.4 Å². The maximum Gasteiger partial charge on any atom is 0.261 e. The van der Waals surface area contributed by atoms with Crippen LogP contribution in [0.3, 0.4) is 0 Å². The molecule has 2 aromatic rings. The van der Waals surface area contributed by atoms with E-state index in [0.29, 0.717) is 17.2 Å². The zero-order valence-electron chi connectivity index (χ0n) is 15.1. The molecule has 1 fully saturated rings. The maximum atomic E-state index is 13.0. The minimum absolute atomic E-state index is 0.0306. The van der Waals surface area contributed by atoms with E-state index in [9.17, 15) is 17.6 Å². The highest BCUT2D eigenvalue weighted by molar-refractivity contribution is 7.92. The van der Waals surface area contributed by atoms with Gasteiger partial charge in [-0.3, -0.25) is 9.52 Å². The molecule has 1 aliphatic rings. The summed E-state index contributed by atoms with van der Waals surface area (Å²) in [7, 11) is -3.81. The smallest absolute Gasteiger partial charge is 0.261 e. The van der Waals surface area contributed by atoms with E-state index < -0.39 is 15.8 Å². The molecule has 0 aromatic heterocycles. The average molecular weight is 390 g/mol. The summed E-state index contributed by atoms with van der Waals surface area (Å²) in [5, 5.41) is 3.07. The Balaban J connectivity index is 1.66. The van der Waals surface area contributed by atoms with Crippen molar-refractivity contribution in [2.45, 2.75) is 43.5 Å². The van der Waals surface area contributed by atoms with Crippen molar-refractivity contribution in [1.82, 2.24) is 5.32 Å². The topological polar surface area (TPSA) is 75.3 Å². The average Bonchev–Trinajstić information content (AvgIpc) is 2.64. The van der Waals surface area contributed by atoms with E-state index in [4.69, 9.17) is 0 Å². The lowest BCUT2D eigenvalue weighted by Gasteiger charge is -2.29. The Morgan fingerprint density at radius 3 is 2.26 bits per heavy atom. The Labute approximate surface area is 159 Å². The van der Waals surface area contributed by atoms with Crippen LogP contribution in [0.5, 0.6) is 0 Å². The minimum atomic E-state index is -3.81. The van der Waals surface area contributed by atoms with E-state index in [-0.39, 0.29) is 16.8 Å². The molecule has 0 heterocycles. The molecule has 2 unspecified atom stereocenters. The predicted octanol–water partition coefficient (Wildman–Crippen LogP) is 3.94. The number of sulfonamides is 1. The van der Waals surface area contributed by atoms with E-state index in [2.05, 4.69) is 17.0 Å². The van der Waals surface area contributed by atoms with Gasteiger partial charge in [-0.25, -0.2) is 12.8 Å². The second-order valence-electron chi connectivity index (χ2n) is 6.98. The number of nitrogens with one attached hydrogen (secondary N) is 2. The van der Waals surface area contributed by atoms with Gasteiger partial charge in [0.2, 0.25) is 0 Å². The molecule has 27 heavy (non-hydrogen) atoms. The van der Waals surface area contributed by atoms with Crippen LogP contribution in [0.2, 0.25) is 0 Å². The molecule has 0 aliphatic heterocycles. The standard InChI is InChI=1S/C20H23FN2O3S/c1-14-4-2-3-5-19(14)22-20(24)15-6-10-17(11-7-15)23-27(25,26)18-12-8-16(21)9-13-18/h6-14,19,23H,2-5H2,1H3,(H,22,24). The number of hydrogen-bond acceptors (Lipinski definition) is 3. The number of carbonyl (C=O) groups excluding carboxylic acids is 1. The normalized spacial score (nSPS) is 20.1. The molecule has 0 bridgehead atoms. The third-order valence-electron chi connectivity index (χ3n) is 4.95. The molecule has 2 N–H and O–H groups in total. The SMILES string of the molecule is CC1CCCCC1NC(=O)c1ccc(NS(=O)(=O)c2ccc(F)cc2)cc1. The minimum Gasteiger partial charge on any atom is -0.349 e. The van der Waals surface area contributed by atoms with Gasteiger partial charge in [-0.1, -0.05) is 19.8 Å². The van der Waals surface area contributed by atoms with Crippen LogP contribution < -0.4 is 10.0 Å². The zero-order chi connectivity index (χ0) is 19.4. The van der Waals surface area contributed by atoms with Gasteiger partial charge in [0.25, 0.3) is 15.9 Å². The number of benzene rings is 2. The third kappa shape index (κ3) is 4.86. The van der Waals surface area contributed by atoms with E-state index in [1.807, 2.05) is 0 Å². The van der Waals surface area contributed by atoms with Crippen molar-refractivity contribution in [3.63, 3.8) is 0 Å². The Morgan fingerprint density at radius 2 is 1.63 bits per heavy atom. The zero-order valence-corrected chi connectivity index (χ0v) is 15.9. The van der Waals surface area contributed by atoms with Crippen molar-refractivity contribution >= 4 is 21.6 Å². The fourth-order valence-corrected chi connectivity index (χ4v) is 4.36. The molecule has 1 aliphatic carbocycles. The second kappa shape index (κ2) is 8.08. The van der Waals surface area contributed by atoms with Crippen LogP contribution in [-0.2, 0) is 10.0 Å². The molecule has 0 spiro atoms. The predicted molar refractivity (Wildman–Crippen MR) is 103 cm³/mol. The van der Waals surface area contributed by atoms with Crippen molar-refractivity contribution < 1.29 is 17.6 Å². The van der Waals surface area contributed by atoms with Gasteiger partial charge in [0.1, 0.15) is 5.82 Å². The summed E-state index contributed by atoms with van der Waals surface area (Å²) in [5.74, 6) is -0.192. The fourth-order valence-electron chi connectivity index (χ4n) is 3.30. The van der Waals surface area contributed by atoms with Gasteiger partial charge in [-0.15, -0.1) is 0 Å². The fraction of sp³-hybridized carbons (Fsp3) is 0.350. The Kier molecular flexibility index (Phi) is 5.79. The van der Waals surface area contributed by atoms with Gasteiger partial charge < -0.3 is 5.32 Å². The highest BCUT2D eigenvalue weighted by Gasteiger charge is 2.23. The molecule has 5 nitrogen and oxygen atoms in total. The number of anilines is 1. The molecular weight excluding hydrogens is 367 g/mol. The van der Waals surface area contributed by atoms with E-state index >= 15 is 0 Å². The number of halogens is 1. The monoisotopic (exact) mass is 390 g/mol. The Bertz CT molecular complexity index is 896. The molecule has 7 heteroatoms. The molecule has 3 rings (SSSR count). The molecule has 1 amide bonds. The Morgan fingerprint density at radius 1 is 1.00 bits per heavy atom. The van der Waals surface area contributed by atoms with Crippen molar-refractivity contribution in [2.24, 2.45) is 5.92 Å². The van der Waals surface area contributed by atoms with E-state index in [1.54, 1.807) is 24.3 Å². The quantitative estimate of drug-likeness (QED) is 0.812. The summed E-state index contributed by atoms with van der Waals surface area (Å²) >= 11 is 0. The lowest BCUT2D eigenvalue weighted by Crippen LogP contribution is -2.41. The number of hydrogen-bond donors (Lipinski definition) is 2. The largest absolute Gasteiger partial charge is 0.349 e. The maximum absolute atomic E-state index is 13.0. The van der Waals surface area contributed by atoms with Gasteiger partial charge in [0.05, 0.1) is 4.90 Å². The number of amides is 1. The first-order valence-electron chi connectivity index (χ1n) is 9.04. The van der Waals surface area contributed by atoms with E-state index in [1.165, 1.54) is 18.6 Å². The highest BCUT2D eigenvalue weighted by atomic mass is 32.2. The summed E-state index contributed by atoms with van der Waals surface area (Å²) < 4.78 is 40.0. The summed E-state index contributed by atoms with van der Waals surface area (Å²) in [6.07, 6.45) is 4.44. The third-order valence-corrected chi connectivity index (χ3v) is 6.35. The molecule has 2 atom stereocenters. The van der Waals surface area contributed by atoms with Crippen LogP contribution in [0.4, 0.5) is 10.1 Å². The van der Waals surface area contributed by atoms with Crippen LogP contribution in [0.25, 0.3) is 0 Å². The summed E-state index contributed by atoms with van der Waals surface area (Å²) in [6.45, 7) is 2.15. The second-order valence-corrected chi connectivity index (χ2v) is 8.66. The lowest BCUT2D eigenvalue weighted by molar-refractivity contribution is 0.0910. The summed E-state index contributed by atoms with van der Waals surface area (Å²) in [5.41, 5.74) is 0.819. The molecule has 2 aromatic carbocycles. The van der Waals surface area contributed by atoms with Gasteiger partial charge in [0, 0.05) is 17.3 Å². The van der Waals surface area contributed by atoms with Crippen molar-refractivity contribution in [3.8, 4) is 0 Å². The van der Waals surface area contributed by atoms with Gasteiger partial charge >= 0.3 is 0 Å². The first kappa shape index (κ1) is 19.4. The van der Waals surface area contributed by atoms with Crippen LogP contribution in [0.1, 0.15) is 43.0 Å². The molecular formula is C20H23FN2O3S. The van der Waals surface area contributed by atoms with Gasteiger partial charge in [0.15, 0.2) is 0 Å². The first-order valence-corrected chi connectivity index (χ1v) is 10.5. The first-order chi connectivity index (χ1) is 12.8. The van der Waals surface area contributed by atoms with Crippen LogP contribution >= 0.6 is 0 Å². The van der Waals surface area contributed by atoms with Crippen LogP contribution in [-0.4, -0.2) is 20.4 Å². The summed E-state index contributed by atoms with van der Waals surface area (Å²) in [6, 6.07) is 11.0. The molecule has 1 saturated carbocycles. The van der Waals surface area contributed by atoms with Crippen molar-refractivity contribution in [3.05, 3.63) is 59.9 Å². The Hall–Kier alpha value is -2.41.